The highest BCUT2D eigenvalue weighted by Crippen LogP contribution is 2.27. The third kappa shape index (κ3) is 4.35. The normalized spacial score (nSPS) is 18.1. The minimum atomic E-state index is -0.453. The molecule has 2 aromatic heterocycles. The van der Waals surface area contributed by atoms with Crippen LogP contribution in [0.25, 0.3) is 27.9 Å². The number of nitro benzene ring substituents is 1. The number of benzene rings is 2. The highest BCUT2D eigenvalue weighted by Gasteiger charge is 2.22. The summed E-state index contributed by atoms with van der Waals surface area (Å²) in [7, 11) is 0. The predicted octanol–water partition coefficient (Wildman–Crippen LogP) is 2.27. The van der Waals surface area contributed by atoms with Gasteiger partial charge in [-0.25, -0.2) is 15.4 Å². The van der Waals surface area contributed by atoms with Crippen molar-refractivity contribution >= 4 is 39.9 Å². The Bertz CT molecular complexity index is 1370. The number of hydrogen-bond donors (Lipinski definition) is 3. The fourth-order valence-electron chi connectivity index (χ4n) is 3.68. The van der Waals surface area contributed by atoms with Crippen molar-refractivity contribution in [3.05, 3.63) is 58.6 Å². The molecule has 11 nitrogen and oxygen atoms in total. The molecule has 1 aliphatic rings. The summed E-state index contributed by atoms with van der Waals surface area (Å²) >= 11 is 1.25. The van der Waals surface area contributed by atoms with Crippen LogP contribution < -0.4 is 16.2 Å². The molecule has 0 saturated carbocycles. The quantitative estimate of drug-likeness (QED) is 0.170. The SMILES string of the molecule is CC1CC(NC(=O)CSc2nc3ccccc3c3nc(-c4cccc([N+](=O)[O-])c4)nn23)NN1. The van der Waals surface area contributed by atoms with Crippen molar-refractivity contribution in [2.75, 3.05) is 5.75 Å². The number of nitrogens with zero attached hydrogens (tertiary/aromatic N) is 5. The second-order valence-corrected chi connectivity index (χ2v) is 8.67. The van der Waals surface area contributed by atoms with E-state index in [1.54, 1.807) is 16.6 Å². The second kappa shape index (κ2) is 8.73. The van der Waals surface area contributed by atoms with Crippen LogP contribution in [0.3, 0.4) is 0 Å². The zero-order chi connectivity index (χ0) is 22.9. The van der Waals surface area contributed by atoms with Gasteiger partial charge in [0.25, 0.3) is 5.69 Å². The second-order valence-electron chi connectivity index (χ2n) is 7.72. The number of rotatable bonds is 6. The highest BCUT2D eigenvalue weighted by molar-refractivity contribution is 7.99. The molecule has 4 aromatic rings. The van der Waals surface area contributed by atoms with Crippen molar-refractivity contribution < 1.29 is 9.72 Å². The van der Waals surface area contributed by atoms with Gasteiger partial charge in [0.15, 0.2) is 16.6 Å². The average Bonchev–Trinajstić information content (AvgIpc) is 3.44. The van der Waals surface area contributed by atoms with Crippen LogP contribution in [0.1, 0.15) is 13.3 Å². The van der Waals surface area contributed by atoms with Crippen LogP contribution in [0.5, 0.6) is 0 Å². The van der Waals surface area contributed by atoms with Crippen LogP contribution in [0.4, 0.5) is 5.69 Å². The number of aromatic nitrogens is 4. The maximum atomic E-state index is 12.5. The van der Waals surface area contributed by atoms with Gasteiger partial charge in [-0.1, -0.05) is 36.0 Å². The van der Waals surface area contributed by atoms with E-state index in [2.05, 4.69) is 31.2 Å². The first kappa shape index (κ1) is 21.2. The number of fused-ring (bicyclic) bond motifs is 3. The third-order valence-electron chi connectivity index (χ3n) is 5.23. The fourth-order valence-corrected chi connectivity index (χ4v) is 4.44. The maximum absolute atomic E-state index is 12.5. The Morgan fingerprint density at radius 2 is 2.09 bits per heavy atom. The summed E-state index contributed by atoms with van der Waals surface area (Å²) in [5.41, 5.74) is 7.90. The number of thioether (sulfide) groups is 1. The number of amides is 1. The standard InChI is InChI=1S/C21H20N8O3S/c1-12-9-17(26-25-12)23-18(30)11-33-21-22-16-8-3-2-7-15(16)20-24-19(27-28(20)21)13-5-4-6-14(10-13)29(31)32/h2-8,10,12,17,25-26H,9,11H2,1H3,(H,23,30). The summed E-state index contributed by atoms with van der Waals surface area (Å²) in [4.78, 5) is 32.5. The van der Waals surface area contributed by atoms with E-state index in [0.717, 1.165) is 17.3 Å². The first-order chi connectivity index (χ1) is 16.0. The number of non-ortho nitro benzene ring substituents is 1. The van der Waals surface area contributed by atoms with E-state index in [-0.39, 0.29) is 29.6 Å². The number of carbonyl (C=O) groups excluding carboxylic acids is 1. The average molecular weight is 465 g/mol. The van der Waals surface area contributed by atoms with Gasteiger partial charge in [-0.15, -0.1) is 5.10 Å². The molecule has 3 heterocycles. The Morgan fingerprint density at radius 3 is 2.88 bits per heavy atom. The van der Waals surface area contributed by atoms with Gasteiger partial charge in [0.2, 0.25) is 5.91 Å². The molecule has 0 radical (unpaired) electrons. The summed E-state index contributed by atoms with van der Waals surface area (Å²) in [5, 5.41) is 20.0. The molecule has 1 saturated heterocycles. The van der Waals surface area contributed by atoms with Crippen LogP contribution in [-0.2, 0) is 4.79 Å². The predicted molar refractivity (Wildman–Crippen MR) is 123 cm³/mol. The lowest BCUT2D eigenvalue weighted by atomic mass is 10.2. The Hall–Kier alpha value is -3.61. The van der Waals surface area contributed by atoms with Crippen molar-refractivity contribution in [2.45, 2.75) is 30.7 Å². The molecule has 33 heavy (non-hydrogen) atoms. The lowest BCUT2D eigenvalue weighted by Crippen LogP contribution is -2.45. The molecule has 0 bridgehead atoms. The van der Waals surface area contributed by atoms with E-state index in [1.807, 2.05) is 31.2 Å². The minimum Gasteiger partial charge on any atom is -0.339 e. The van der Waals surface area contributed by atoms with E-state index in [9.17, 15) is 14.9 Å². The van der Waals surface area contributed by atoms with Gasteiger partial charge in [-0.3, -0.25) is 20.3 Å². The smallest absolute Gasteiger partial charge is 0.270 e. The van der Waals surface area contributed by atoms with E-state index < -0.39 is 4.92 Å². The van der Waals surface area contributed by atoms with Crippen LogP contribution in [0.15, 0.2) is 53.7 Å². The lowest BCUT2D eigenvalue weighted by Gasteiger charge is -2.12. The first-order valence-corrected chi connectivity index (χ1v) is 11.3. The van der Waals surface area contributed by atoms with Crippen LogP contribution in [-0.4, -0.2) is 48.4 Å². The Labute approximate surface area is 192 Å². The molecule has 168 valence electrons. The Morgan fingerprint density at radius 1 is 1.24 bits per heavy atom. The number of nitro groups is 1. The minimum absolute atomic E-state index is 0.0371. The van der Waals surface area contributed by atoms with Gasteiger partial charge in [-0.2, -0.15) is 4.52 Å². The summed E-state index contributed by atoms with van der Waals surface area (Å²) in [5.74, 6) is 0.368. The topological polar surface area (TPSA) is 139 Å². The number of nitrogens with one attached hydrogen (secondary N) is 3. The summed E-state index contributed by atoms with van der Waals surface area (Å²) in [6.07, 6.45) is 0.675. The van der Waals surface area contributed by atoms with E-state index >= 15 is 0 Å². The van der Waals surface area contributed by atoms with Crippen molar-refractivity contribution in [1.29, 1.82) is 0 Å². The summed E-state index contributed by atoms with van der Waals surface area (Å²) < 4.78 is 1.59. The molecule has 1 amide bonds. The van der Waals surface area contributed by atoms with Crippen molar-refractivity contribution in [3.63, 3.8) is 0 Å². The highest BCUT2D eigenvalue weighted by atomic mass is 32.2. The van der Waals surface area contributed by atoms with Crippen LogP contribution >= 0.6 is 11.8 Å². The Kier molecular flexibility index (Phi) is 5.62. The molecular formula is C21H20N8O3S. The fraction of sp³-hybridized carbons (Fsp3) is 0.238. The lowest BCUT2D eigenvalue weighted by molar-refractivity contribution is -0.384. The molecule has 12 heteroatoms. The molecule has 0 spiro atoms. The van der Waals surface area contributed by atoms with E-state index in [1.165, 1.54) is 23.9 Å². The molecule has 2 unspecified atom stereocenters. The molecule has 3 N–H and O–H groups in total. The zero-order valence-electron chi connectivity index (χ0n) is 17.6. The van der Waals surface area contributed by atoms with Crippen molar-refractivity contribution in [3.8, 4) is 11.4 Å². The molecular weight excluding hydrogens is 444 g/mol. The van der Waals surface area contributed by atoms with Gasteiger partial charge in [-0.05, 0) is 25.5 Å². The zero-order valence-corrected chi connectivity index (χ0v) is 18.4. The van der Waals surface area contributed by atoms with Gasteiger partial charge < -0.3 is 5.32 Å². The van der Waals surface area contributed by atoms with Crippen LogP contribution in [0.2, 0.25) is 0 Å². The number of hydrogen-bond acceptors (Lipinski definition) is 9. The maximum Gasteiger partial charge on any atom is 0.270 e. The first-order valence-electron chi connectivity index (χ1n) is 10.3. The number of para-hydroxylation sites is 1. The van der Waals surface area contributed by atoms with E-state index in [0.29, 0.717) is 22.2 Å². The third-order valence-corrected chi connectivity index (χ3v) is 6.15. The van der Waals surface area contributed by atoms with Crippen molar-refractivity contribution in [2.24, 2.45) is 0 Å². The largest absolute Gasteiger partial charge is 0.339 e. The molecule has 2 atom stereocenters. The molecule has 0 aliphatic carbocycles. The molecule has 1 aliphatic heterocycles. The van der Waals surface area contributed by atoms with Crippen molar-refractivity contribution in [1.82, 2.24) is 35.8 Å². The molecule has 1 fully saturated rings. The Balaban J connectivity index is 1.48. The van der Waals surface area contributed by atoms with Gasteiger partial charge in [0.1, 0.15) is 0 Å². The van der Waals surface area contributed by atoms with Gasteiger partial charge in [0.05, 0.1) is 22.4 Å². The van der Waals surface area contributed by atoms with Gasteiger partial charge in [0, 0.05) is 29.1 Å². The summed E-state index contributed by atoms with van der Waals surface area (Å²) in [6.45, 7) is 2.04. The monoisotopic (exact) mass is 464 g/mol. The van der Waals surface area contributed by atoms with Gasteiger partial charge >= 0.3 is 0 Å². The number of carbonyl (C=O) groups is 1. The molecule has 2 aromatic carbocycles. The molecule has 5 rings (SSSR count). The summed E-state index contributed by atoms with van der Waals surface area (Å²) in [6, 6.07) is 14.0. The van der Waals surface area contributed by atoms with E-state index in [4.69, 9.17) is 0 Å². The van der Waals surface area contributed by atoms with Crippen LogP contribution in [0, 0.1) is 10.1 Å². The number of hydrazine groups is 1.